The molecule has 1 aliphatic rings. The van der Waals surface area contributed by atoms with Crippen LogP contribution in [0, 0.1) is 5.41 Å². The first-order valence-corrected chi connectivity index (χ1v) is 9.52. The van der Waals surface area contributed by atoms with Crippen molar-refractivity contribution in [1.82, 2.24) is 9.88 Å². The van der Waals surface area contributed by atoms with Gasteiger partial charge in [0.25, 0.3) is 0 Å². The Morgan fingerprint density at radius 1 is 1.28 bits per heavy atom. The van der Waals surface area contributed by atoms with E-state index in [0.717, 1.165) is 48.3 Å². The first-order chi connectivity index (χ1) is 12.0. The Morgan fingerprint density at radius 2 is 2.00 bits per heavy atom. The summed E-state index contributed by atoms with van der Waals surface area (Å²) in [6.07, 6.45) is 1.05. The molecule has 1 aromatic carbocycles. The summed E-state index contributed by atoms with van der Waals surface area (Å²) in [4.78, 5) is 7.17. The van der Waals surface area contributed by atoms with Gasteiger partial charge in [-0.2, -0.15) is 0 Å². The predicted octanol–water partition coefficient (Wildman–Crippen LogP) is 3.29. The number of piperidine rings is 1. The Kier molecular flexibility index (Phi) is 5.61. The SMILES string of the molecule is COc1ccc(OCc2nc(CN3CCC(N)C(C)(C)C3)cs2)cc1. The predicted molar refractivity (Wildman–Crippen MR) is 101 cm³/mol. The van der Waals surface area contributed by atoms with Crippen LogP contribution in [-0.4, -0.2) is 36.1 Å². The van der Waals surface area contributed by atoms with Crippen molar-refractivity contribution in [3.05, 3.63) is 40.3 Å². The van der Waals surface area contributed by atoms with Gasteiger partial charge in [0.1, 0.15) is 23.1 Å². The fraction of sp³-hybridized carbons (Fsp3) is 0.526. The number of benzene rings is 1. The molecule has 1 saturated heterocycles. The Balaban J connectivity index is 1.52. The number of hydrogen-bond acceptors (Lipinski definition) is 6. The lowest BCUT2D eigenvalue weighted by Crippen LogP contribution is -2.52. The van der Waals surface area contributed by atoms with E-state index in [2.05, 4.69) is 24.1 Å². The average Bonchev–Trinajstić information content (AvgIpc) is 3.04. The van der Waals surface area contributed by atoms with Gasteiger partial charge < -0.3 is 15.2 Å². The van der Waals surface area contributed by atoms with E-state index >= 15 is 0 Å². The first-order valence-electron chi connectivity index (χ1n) is 8.64. The summed E-state index contributed by atoms with van der Waals surface area (Å²) in [6.45, 7) is 7.93. The Bertz CT molecular complexity index is 684. The number of ether oxygens (including phenoxy) is 2. The zero-order valence-electron chi connectivity index (χ0n) is 15.2. The molecule has 0 spiro atoms. The standard InChI is InChI=1S/C19H27N3O2S/c1-19(2)13-22(9-8-17(19)20)10-14-12-25-18(21-14)11-24-16-6-4-15(23-3)5-7-16/h4-7,12,17H,8-11,13,20H2,1-3H3. The Labute approximate surface area is 153 Å². The van der Waals surface area contributed by atoms with Gasteiger partial charge in [-0.05, 0) is 36.1 Å². The van der Waals surface area contributed by atoms with Crippen LogP contribution in [0.5, 0.6) is 11.5 Å². The molecule has 5 nitrogen and oxygen atoms in total. The van der Waals surface area contributed by atoms with Crippen LogP contribution in [0.1, 0.15) is 31.0 Å². The number of nitrogens with two attached hydrogens (primary N) is 1. The van der Waals surface area contributed by atoms with Crippen molar-refractivity contribution in [2.24, 2.45) is 11.1 Å². The smallest absolute Gasteiger partial charge is 0.140 e. The molecule has 0 radical (unpaired) electrons. The minimum absolute atomic E-state index is 0.161. The van der Waals surface area contributed by atoms with Crippen LogP contribution >= 0.6 is 11.3 Å². The molecule has 1 aromatic heterocycles. The topological polar surface area (TPSA) is 60.6 Å². The van der Waals surface area contributed by atoms with E-state index in [9.17, 15) is 0 Å². The van der Waals surface area contributed by atoms with Crippen LogP contribution < -0.4 is 15.2 Å². The molecule has 136 valence electrons. The fourth-order valence-corrected chi connectivity index (χ4v) is 3.85. The summed E-state index contributed by atoms with van der Waals surface area (Å²) in [5.41, 5.74) is 7.50. The largest absolute Gasteiger partial charge is 0.497 e. The van der Waals surface area contributed by atoms with E-state index in [0.29, 0.717) is 6.61 Å². The highest BCUT2D eigenvalue weighted by atomic mass is 32.1. The van der Waals surface area contributed by atoms with Gasteiger partial charge in [0, 0.05) is 31.1 Å². The zero-order chi connectivity index (χ0) is 17.9. The molecule has 0 aliphatic carbocycles. The van der Waals surface area contributed by atoms with Crippen molar-refractivity contribution in [2.75, 3.05) is 20.2 Å². The monoisotopic (exact) mass is 361 g/mol. The lowest BCUT2D eigenvalue weighted by Gasteiger charge is -2.42. The van der Waals surface area contributed by atoms with E-state index in [1.807, 2.05) is 24.3 Å². The minimum atomic E-state index is 0.161. The van der Waals surface area contributed by atoms with Crippen molar-refractivity contribution < 1.29 is 9.47 Å². The lowest BCUT2D eigenvalue weighted by atomic mass is 9.80. The number of hydrogen-bond donors (Lipinski definition) is 1. The number of aromatic nitrogens is 1. The molecule has 2 aromatic rings. The molecular weight excluding hydrogens is 334 g/mol. The van der Waals surface area contributed by atoms with Crippen LogP contribution in [0.25, 0.3) is 0 Å². The third-order valence-corrected chi connectivity index (χ3v) is 5.67. The van der Waals surface area contributed by atoms with Crippen molar-refractivity contribution >= 4 is 11.3 Å². The van der Waals surface area contributed by atoms with Gasteiger partial charge in [-0.25, -0.2) is 4.98 Å². The van der Waals surface area contributed by atoms with E-state index in [-0.39, 0.29) is 11.5 Å². The Hall–Kier alpha value is -1.63. The third kappa shape index (κ3) is 4.71. The van der Waals surface area contributed by atoms with Crippen LogP contribution in [-0.2, 0) is 13.2 Å². The van der Waals surface area contributed by atoms with E-state index < -0.39 is 0 Å². The highest BCUT2D eigenvalue weighted by molar-refractivity contribution is 7.09. The van der Waals surface area contributed by atoms with Gasteiger partial charge >= 0.3 is 0 Å². The normalized spacial score (nSPS) is 20.4. The number of thiazole rings is 1. The van der Waals surface area contributed by atoms with Gasteiger partial charge in [0.2, 0.25) is 0 Å². The Morgan fingerprint density at radius 3 is 2.68 bits per heavy atom. The molecule has 0 amide bonds. The second-order valence-corrected chi connectivity index (χ2v) is 8.23. The summed E-state index contributed by atoms with van der Waals surface area (Å²) in [5.74, 6) is 1.65. The second kappa shape index (κ2) is 7.72. The summed E-state index contributed by atoms with van der Waals surface area (Å²) < 4.78 is 11.0. The maximum absolute atomic E-state index is 6.22. The number of methoxy groups -OCH3 is 1. The molecular formula is C19H27N3O2S. The van der Waals surface area contributed by atoms with Crippen molar-refractivity contribution in [3.8, 4) is 11.5 Å². The molecule has 6 heteroatoms. The van der Waals surface area contributed by atoms with Gasteiger partial charge in [-0.1, -0.05) is 13.8 Å². The van der Waals surface area contributed by atoms with Crippen molar-refractivity contribution in [1.29, 1.82) is 0 Å². The quantitative estimate of drug-likeness (QED) is 0.855. The first kappa shape index (κ1) is 18.2. The molecule has 1 unspecified atom stereocenters. The van der Waals surface area contributed by atoms with Crippen LogP contribution in [0.2, 0.25) is 0 Å². The van der Waals surface area contributed by atoms with Gasteiger partial charge in [0.05, 0.1) is 12.8 Å². The highest BCUT2D eigenvalue weighted by Crippen LogP contribution is 2.28. The van der Waals surface area contributed by atoms with Gasteiger partial charge in [0.15, 0.2) is 0 Å². The molecule has 0 bridgehead atoms. The summed E-state index contributed by atoms with van der Waals surface area (Å²) >= 11 is 1.65. The summed E-state index contributed by atoms with van der Waals surface area (Å²) in [7, 11) is 1.66. The van der Waals surface area contributed by atoms with E-state index in [1.165, 1.54) is 0 Å². The summed E-state index contributed by atoms with van der Waals surface area (Å²) in [5, 5.41) is 3.13. The number of nitrogens with zero attached hydrogens (tertiary/aromatic N) is 2. The number of rotatable bonds is 6. The van der Waals surface area contributed by atoms with Crippen molar-refractivity contribution in [2.45, 2.75) is 39.5 Å². The van der Waals surface area contributed by atoms with Gasteiger partial charge in [-0.15, -0.1) is 11.3 Å². The molecule has 0 saturated carbocycles. The molecule has 2 heterocycles. The number of likely N-dealkylation sites (tertiary alicyclic amines) is 1. The molecule has 1 aliphatic heterocycles. The maximum atomic E-state index is 6.22. The van der Waals surface area contributed by atoms with Crippen molar-refractivity contribution in [3.63, 3.8) is 0 Å². The maximum Gasteiger partial charge on any atom is 0.140 e. The molecule has 1 atom stereocenters. The lowest BCUT2D eigenvalue weighted by molar-refractivity contribution is 0.0890. The molecule has 2 N–H and O–H groups in total. The minimum Gasteiger partial charge on any atom is -0.497 e. The average molecular weight is 362 g/mol. The third-order valence-electron chi connectivity index (χ3n) is 4.80. The molecule has 25 heavy (non-hydrogen) atoms. The summed E-state index contributed by atoms with van der Waals surface area (Å²) in [6, 6.07) is 7.89. The molecule has 3 rings (SSSR count). The van der Waals surface area contributed by atoms with Gasteiger partial charge in [-0.3, -0.25) is 4.90 Å². The van der Waals surface area contributed by atoms with Crippen LogP contribution in [0.4, 0.5) is 0 Å². The second-order valence-electron chi connectivity index (χ2n) is 7.29. The fourth-order valence-electron chi connectivity index (χ4n) is 3.15. The molecule has 1 fully saturated rings. The van der Waals surface area contributed by atoms with E-state index in [4.69, 9.17) is 20.2 Å². The highest BCUT2D eigenvalue weighted by Gasteiger charge is 2.33. The zero-order valence-corrected chi connectivity index (χ0v) is 16.0. The van der Waals surface area contributed by atoms with Crippen LogP contribution in [0.3, 0.4) is 0 Å². The van der Waals surface area contributed by atoms with Crippen LogP contribution in [0.15, 0.2) is 29.6 Å². The van der Waals surface area contributed by atoms with E-state index in [1.54, 1.807) is 18.4 Å².